The summed E-state index contributed by atoms with van der Waals surface area (Å²) in [5, 5.41) is 3.65. The number of aromatic nitrogens is 1. The minimum absolute atomic E-state index is 0.0469. The van der Waals surface area contributed by atoms with Crippen LogP contribution in [0.15, 0.2) is 48.7 Å². The van der Waals surface area contributed by atoms with Gasteiger partial charge in [0.15, 0.2) is 0 Å². The van der Waals surface area contributed by atoms with E-state index in [4.69, 9.17) is 0 Å². The smallest absolute Gasteiger partial charge is 0.355 e. The van der Waals surface area contributed by atoms with Crippen molar-refractivity contribution in [2.24, 2.45) is 0 Å². The lowest BCUT2D eigenvalue weighted by Crippen LogP contribution is -2.07. The van der Waals surface area contributed by atoms with E-state index in [1.54, 1.807) is 12.1 Å². The van der Waals surface area contributed by atoms with Crippen LogP contribution in [-0.4, -0.2) is 4.98 Å². The Morgan fingerprint density at radius 1 is 0.957 bits per heavy atom. The Kier molecular flexibility index (Phi) is 3.72. The Morgan fingerprint density at radius 3 is 2.30 bits per heavy atom. The van der Waals surface area contributed by atoms with E-state index in [2.05, 4.69) is 10.3 Å². The van der Waals surface area contributed by atoms with Crippen molar-refractivity contribution in [2.75, 3.05) is 5.32 Å². The summed E-state index contributed by atoms with van der Waals surface area (Å²) in [4.78, 5) is 3.93. The SMILES string of the molecule is Cc1cc(C)cc(Nc2ccnc3c(C(F)(F)F)cccc23)c1. The van der Waals surface area contributed by atoms with E-state index in [1.165, 1.54) is 12.3 Å². The first kappa shape index (κ1) is 15.3. The van der Waals surface area contributed by atoms with Crippen LogP contribution in [0.5, 0.6) is 0 Å². The number of nitrogens with zero attached hydrogens (tertiary/aromatic N) is 1. The summed E-state index contributed by atoms with van der Waals surface area (Å²) < 4.78 is 39.4. The highest BCUT2D eigenvalue weighted by Crippen LogP contribution is 2.36. The van der Waals surface area contributed by atoms with Gasteiger partial charge < -0.3 is 5.32 Å². The molecule has 0 fully saturated rings. The van der Waals surface area contributed by atoms with Crippen LogP contribution in [0.4, 0.5) is 24.5 Å². The quantitative estimate of drug-likeness (QED) is 0.664. The number of hydrogen-bond acceptors (Lipinski definition) is 2. The number of halogens is 3. The van der Waals surface area contributed by atoms with Gasteiger partial charge in [0.1, 0.15) is 0 Å². The second-order valence-corrected chi connectivity index (χ2v) is 5.56. The lowest BCUT2D eigenvalue weighted by atomic mass is 10.1. The van der Waals surface area contributed by atoms with E-state index in [1.807, 2.05) is 32.0 Å². The van der Waals surface area contributed by atoms with Gasteiger partial charge in [-0.15, -0.1) is 0 Å². The second kappa shape index (κ2) is 5.57. The molecule has 0 aliphatic rings. The number of alkyl halides is 3. The number of aryl methyl sites for hydroxylation is 2. The number of para-hydroxylation sites is 1. The Bertz CT molecular complexity index is 850. The molecule has 118 valence electrons. The molecular weight excluding hydrogens is 301 g/mol. The van der Waals surface area contributed by atoms with Gasteiger partial charge in [-0.05, 0) is 49.2 Å². The highest BCUT2D eigenvalue weighted by atomic mass is 19.4. The fraction of sp³-hybridized carbons (Fsp3) is 0.167. The maximum atomic E-state index is 13.1. The first-order valence-electron chi connectivity index (χ1n) is 7.15. The lowest BCUT2D eigenvalue weighted by Gasteiger charge is -2.14. The summed E-state index contributed by atoms with van der Waals surface area (Å²) in [5.74, 6) is 0. The van der Waals surface area contributed by atoms with Crippen molar-refractivity contribution in [2.45, 2.75) is 20.0 Å². The third-order valence-corrected chi connectivity index (χ3v) is 3.58. The molecule has 0 saturated carbocycles. The molecule has 23 heavy (non-hydrogen) atoms. The average molecular weight is 316 g/mol. The zero-order valence-electron chi connectivity index (χ0n) is 12.7. The highest BCUT2D eigenvalue weighted by molar-refractivity contribution is 5.94. The van der Waals surface area contributed by atoms with Crippen LogP contribution in [0.3, 0.4) is 0 Å². The molecule has 1 N–H and O–H groups in total. The van der Waals surface area contributed by atoms with E-state index in [0.29, 0.717) is 11.1 Å². The highest BCUT2D eigenvalue weighted by Gasteiger charge is 2.33. The van der Waals surface area contributed by atoms with Gasteiger partial charge in [-0.2, -0.15) is 13.2 Å². The van der Waals surface area contributed by atoms with E-state index in [9.17, 15) is 13.2 Å². The standard InChI is InChI=1S/C18H15F3N2/c1-11-8-12(2)10-13(9-11)23-16-6-7-22-17-14(16)4-3-5-15(17)18(19,20)21/h3-10H,1-2H3,(H,22,23). The molecule has 0 unspecified atom stereocenters. The molecule has 0 bridgehead atoms. The van der Waals surface area contributed by atoms with Crippen molar-refractivity contribution in [3.8, 4) is 0 Å². The number of fused-ring (bicyclic) bond motifs is 1. The molecule has 2 nitrogen and oxygen atoms in total. The first-order chi connectivity index (χ1) is 10.8. The molecule has 0 spiro atoms. The van der Waals surface area contributed by atoms with Crippen molar-refractivity contribution in [1.82, 2.24) is 4.98 Å². The van der Waals surface area contributed by atoms with Crippen LogP contribution in [0.1, 0.15) is 16.7 Å². The number of hydrogen-bond donors (Lipinski definition) is 1. The summed E-state index contributed by atoms with van der Waals surface area (Å²) >= 11 is 0. The molecule has 0 atom stereocenters. The number of anilines is 2. The molecule has 0 saturated heterocycles. The molecule has 5 heteroatoms. The number of nitrogens with one attached hydrogen (secondary N) is 1. The monoisotopic (exact) mass is 316 g/mol. The van der Waals surface area contributed by atoms with Crippen LogP contribution in [-0.2, 0) is 6.18 Å². The summed E-state index contributed by atoms with van der Waals surface area (Å²) in [6, 6.07) is 11.7. The zero-order valence-corrected chi connectivity index (χ0v) is 12.7. The Hall–Kier alpha value is -2.56. The molecule has 2 aromatic carbocycles. The van der Waals surface area contributed by atoms with E-state index < -0.39 is 11.7 Å². The largest absolute Gasteiger partial charge is 0.418 e. The predicted octanol–water partition coefficient (Wildman–Crippen LogP) is 5.61. The third-order valence-electron chi connectivity index (χ3n) is 3.58. The molecule has 3 rings (SSSR count). The Labute approximate surface area is 132 Å². The zero-order chi connectivity index (χ0) is 16.6. The van der Waals surface area contributed by atoms with Crippen molar-refractivity contribution in [3.63, 3.8) is 0 Å². The van der Waals surface area contributed by atoms with Gasteiger partial charge in [-0.25, -0.2) is 0 Å². The van der Waals surface area contributed by atoms with Crippen LogP contribution >= 0.6 is 0 Å². The predicted molar refractivity (Wildman–Crippen MR) is 85.9 cm³/mol. The van der Waals surface area contributed by atoms with Crippen LogP contribution < -0.4 is 5.32 Å². The topological polar surface area (TPSA) is 24.9 Å². The Balaban J connectivity index is 2.12. The lowest BCUT2D eigenvalue weighted by molar-refractivity contribution is -0.136. The minimum Gasteiger partial charge on any atom is -0.355 e. The molecule has 0 aliphatic carbocycles. The maximum Gasteiger partial charge on any atom is 0.418 e. The van der Waals surface area contributed by atoms with Gasteiger partial charge in [0, 0.05) is 23.0 Å². The number of rotatable bonds is 2. The van der Waals surface area contributed by atoms with Gasteiger partial charge in [0.05, 0.1) is 11.1 Å². The van der Waals surface area contributed by atoms with Crippen molar-refractivity contribution in [1.29, 1.82) is 0 Å². The summed E-state index contributed by atoms with van der Waals surface area (Å²) in [6.45, 7) is 3.95. The molecule has 0 radical (unpaired) electrons. The van der Waals surface area contributed by atoms with Gasteiger partial charge in [0.2, 0.25) is 0 Å². The third kappa shape index (κ3) is 3.13. The molecular formula is C18H15F3N2. The fourth-order valence-electron chi connectivity index (χ4n) is 2.72. The number of pyridine rings is 1. The van der Waals surface area contributed by atoms with Crippen LogP contribution in [0.25, 0.3) is 10.9 Å². The Morgan fingerprint density at radius 2 is 1.65 bits per heavy atom. The van der Waals surface area contributed by atoms with E-state index in [0.717, 1.165) is 22.9 Å². The molecule has 1 heterocycles. The first-order valence-corrected chi connectivity index (χ1v) is 7.15. The van der Waals surface area contributed by atoms with Gasteiger partial charge in [0.25, 0.3) is 0 Å². The van der Waals surface area contributed by atoms with Crippen molar-refractivity contribution in [3.05, 3.63) is 65.4 Å². The summed E-state index contributed by atoms with van der Waals surface area (Å²) in [7, 11) is 0. The summed E-state index contributed by atoms with van der Waals surface area (Å²) in [6.07, 6.45) is -3.03. The normalized spacial score (nSPS) is 11.7. The van der Waals surface area contributed by atoms with Crippen LogP contribution in [0.2, 0.25) is 0 Å². The van der Waals surface area contributed by atoms with Crippen molar-refractivity contribution < 1.29 is 13.2 Å². The van der Waals surface area contributed by atoms with E-state index >= 15 is 0 Å². The van der Waals surface area contributed by atoms with Crippen LogP contribution in [0, 0.1) is 13.8 Å². The van der Waals surface area contributed by atoms with Gasteiger partial charge >= 0.3 is 6.18 Å². The maximum absolute atomic E-state index is 13.1. The van der Waals surface area contributed by atoms with Crippen molar-refractivity contribution >= 4 is 22.3 Å². The second-order valence-electron chi connectivity index (χ2n) is 5.56. The average Bonchev–Trinajstić information content (AvgIpc) is 2.45. The molecule has 3 aromatic rings. The number of benzene rings is 2. The van der Waals surface area contributed by atoms with E-state index in [-0.39, 0.29) is 5.52 Å². The molecule has 1 aromatic heterocycles. The van der Waals surface area contributed by atoms with Gasteiger partial charge in [-0.3, -0.25) is 4.98 Å². The fourth-order valence-corrected chi connectivity index (χ4v) is 2.72. The molecule has 0 aliphatic heterocycles. The van der Waals surface area contributed by atoms with Gasteiger partial charge in [-0.1, -0.05) is 18.2 Å². The minimum atomic E-state index is -4.43. The summed E-state index contributed by atoms with van der Waals surface area (Å²) in [5.41, 5.74) is 2.84. The molecule has 0 amide bonds.